The van der Waals surface area contributed by atoms with Crippen LogP contribution in [-0.4, -0.2) is 66.4 Å². The molecule has 0 atom stereocenters. The van der Waals surface area contributed by atoms with E-state index in [1.54, 1.807) is 11.9 Å². The summed E-state index contributed by atoms with van der Waals surface area (Å²) in [6, 6.07) is 17.8. The van der Waals surface area contributed by atoms with Gasteiger partial charge in [0.25, 0.3) is 11.8 Å². The summed E-state index contributed by atoms with van der Waals surface area (Å²) in [5.74, 6) is -0.212. The van der Waals surface area contributed by atoms with E-state index in [-0.39, 0.29) is 24.3 Å². The van der Waals surface area contributed by atoms with Crippen LogP contribution in [0.1, 0.15) is 48.5 Å². The van der Waals surface area contributed by atoms with Crippen LogP contribution in [0.5, 0.6) is 0 Å². The maximum absolute atomic E-state index is 13.6. The Morgan fingerprint density at radius 3 is 2.29 bits per heavy atom. The Hall–Kier alpha value is -3.35. The van der Waals surface area contributed by atoms with Gasteiger partial charge in [-0.15, -0.1) is 0 Å². The number of likely N-dealkylation sites (tertiary alicyclic amines) is 1. The Kier molecular flexibility index (Phi) is 7.20. The van der Waals surface area contributed by atoms with Crippen molar-refractivity contribution in [1.82, 2.24) is 15.1 Å². The van der Waals surface area contributed by atoms with Gasteiger partial charge >= 0.3 is 0 Å². The van der Waals surface area contributed by atoms with E-state index in [4.69, 9.17) is 0 Å². The number of carbonyl (C=O) groups is 3. The number of hydrogen-bond acceptors (Lipinski definition) is 4. The standard InChI is InChI=1S/C27H34N4O3/c1-3-4-8-21-11-13-22(14-12-21)25(33)29-17-15-27(16-18-29)26(34)30(19-24(32)28-2)20-31(27)23-9-6-5-7-10-23/h5-7,9-14H,3-4,8,15-20H2,1-2H3,(H,28,32). The molecule has 7 nitrogen and oxygen atoms in total. The molecule has 0 unspecified atom stereocenters. The lowest BCUT2D eigenvalue weighted by atomic mass is 9.85. The number of nitrogens with one attached hydrogen (secondary N) is 1. The molecule has 1 spiro atoms. The van der Waals surface area contributed by atoms with Gasteiger partial charge in [0.05, 0.1) is 6.67 Å². The molecule has 2 fully saturated rings. The Morgan fingerprint density at radius 1 is 1.00 bits per heavy atom. The van der Waals surface area contributed by atoms with E-state index in [1.165, 1.54) is 5.56 Å². The number of carbonyl (C=O) groups excluding carboxylic acids is 3. The van der Waals surface area contributed by atoms with Crippen molar-refractivity contribution in [3.8, 4) is 0 Å². The molecule has 4 rings (SSSR count). The third-order valence-corrected chi connectivity index (χ3v) is 7.09. The first-order valence-corrected chi connectivity index (χ1v) is 12.2. The third kappa shape index (κ3) is 4.65. The molecule has 0 aromatic heterocycles. The number of aryl methyl sites for hydroxylation is 1. The zero-order valence-electron chi connectivity index (χ0n) is 20.1. The Morgan fingerprint density at radius 2 is 1.68 bits per heavy atom. The van der Waals surface area contributed by atoms with Crippen molar-refractivity contribution in [3.63, 3.8) is 0 Å². The Labute approximate surface area is 201 Å². The maximum atomic E-state index is 13.6. The number of likely N-dealkylation sites (N-methyl/N-ethyl adjacent to an activating group) is 1. The van der Waals surface area contributed by atoms with Gasteiger partial charge in [-0.2, -0.15) is 0 Å². The van der Waals surface area contributed by atoms with Crippen LogP contribution in [-0.2, 0) is 16.0 Å². The van der Waals surface area contributed by atoms with Gasteiger partial charge in [0.2, 0.25) is 5.91 Å². The highest BCUT2D eigenvalue weighted by Gasteiger charge is 2.54. The fourth-order valence-electron chi connectivity index (χ4n) is 5.03. The number of benzene rings is 2. The number of unbranched alkanes of at least 4 members (excludes halogenated alkanes) is 1. The minimum Gasteiger partial charge on any atom is -0.358 e. The maximum Gasteiger partial charge on any atom is 0.253 e. The van der Waals surface area contributed by atoms with E-state index >= 15 is 0 Å². The highest BCUT2D eigenvalue weighted by molar-refractivity contribution is 5.97. The van der Waals surface area contributed by atoms with Crippen molar-refractivity contribution in [2.24, 2.45) is 0 Å². The quantitative estimate of drug-likeness (QED) is 0.687. The predicted molar refractivity (Wildman–Crippen MR) is 132 cm³/mol. The summed E-state index contributed by atoms with van der Waals surface area (Å²) < 4.78 is 0. The van der Waals surface area contributed by atoms with Crippen LogP contribution in [0.4, 0.5) is 5.69 Å². The molecule has 2 aromatic carbocycles. The van der Waals surface area contributed by atoms with Crippen molar-refractivity contribution < 1.29 is 14.4 Å². The topological polar surface area (TPSA) is 73.0 Å². The number of rotatable bonds is 7. The monoisotopic (exact) mass is 462 g/mol. The molecule has 3 amide bonds. The fraction of sp³-hybridized carbons (Fsp3) is 0.444. The first-order valence-electron chi connectivity index (χ1n) is 12.2. The molecule has 34 heavy (non-hydrogen) atoms. The number of anilines is 1. The smallest absolute Gasteiger partial charge is 0.253 e. The van der Waals surface area contributed by atoms with Gasteiger partial charge in [-0.05, 0) is 55.5 Å². The van der Waals surface area contributed by atoms with E-state index in [2.05, 4.69) is 17.1 Å². The number of hydrogen-bond donors (Lipinski definition) is 1. The highest BCUT2D eigenvalue weighted by Crippen LogP contribution is 2.39. The van der Waals surface area contributed by atoms with E-state index in [0.717, 1.165) is 24.9 Å². The van der Waals surface area contributed by atoms with E-state index < -0.39 is 5.54 Å². The van der Waals surface area contributed by atoms with Gasteiger partial charge in [0, 0.05) is 31.4 Å². The van der Waals surface area contributed by atoms with Crippen molar-refractivity contribution >= 4 is 23.4 Å². The van der Waals surface area contributed by atoms with Gasteiger partial charge in [0.1, 0.15) is 12.1 Å². The zero-order chi connectivity index (χ0) is 24.1. The molecule has 1 N–H and O–H groups in total. The van der Waals surface area contributed by atoms with Gasteiger partial charge in [-0.25, -0.2) is 0 Å². The van der Waals surface area contributed by atoms with Crippen LogP contribution >= 0.6 is 0 Å². The summed E-state index contributed by atoms with van der Waals surface area (Å²) in [5.41, 5.74) is 2.16. The second-order valence-electron chi connectivity index (χ2n) is 9.21. The van der Waals surface area contributed by atoms with Crippen molar-refractivity contribution in [3.05, 3.63) is 65.7 Å². The van der Waals surface area contributed by atoms with Gasteiger partial charge in [-0.3, -0.25) is 14.4 Å². The van der Waals surface area contributed by atoms with Gasteiger partial charge in [-0.1, -0.05) is 43.7 Å². The lowest BCUT2D eigenvalue weighted by Crippen LogP contribution is -2.57. The lowest BCUT2D eigenvalue weighted by molar-refractivity contribution is -0.137. The molecule has 2 aliphatic rings. The van der Waals surface area contributed by atoms with E-state index in [1.807, 2.05) is 59.5 Å². The molecule has 7 heteroatoms. The minimum atomic E-state index is -0.740. The second kappa shape index (κ2) is 10.3. The zero-order valence-corrected chi connectivity index (χ0v) is 20.1. The molecular formula is C27H34N4O3. The summed E-state index contributed by atoms with van der Waals surface area (Å²) >= 11 is 0. The van der Waals surface area contributed by atoms with Crippen LogP contribution in [0, 0.1) is 0 Å². The minimum absolute atomic E-state index is 0.0100. The molecule has 0 bridgehead atoms. The predicted octanol–water partition coefficient (Wildman–Crippen LogP) is 3.06. The number of nitrogens with zero attached hydrogens (tertiary/aromatic N) is 3. The average molecular weight is 463 g/mol. The molecule has 2 heterocycles. The van der Waals surface area contributed by atoms with Crippen LogP contribution in [0.15, 0.2) is 54.6 Å². The Bertz CT molecular complexity index is 1010. The fourth-order valence-corrected chi connectivity index (χ4v) is 5.03. The largest absolute Gasteiger partial charge is 0.358 e. The normalized spacial score (nSPS) is 17.4. The first-order chi connectivity index (χ1) is 16.5. The summed E-state index contributed by atoms with van der Waals surface area (Å²) in [4.78, 5) is 44.4. The van der Waals surface area contributed by atoms with E-state index in [9.17, 15) is 14.4 Å². The number of piperidine rings is 1. The summed E-state index contributed by atoms with van der Waals surface area (Å²) in [7, 11) is 1.58. The lowest BCUT2D eigenvalue weighted by Gasteiger charge is -2.43. The van der Waals surface area contributed by atoms with Crippen LogP contribution in [0.3, 0.4) is 0 Å². The molecule has 2 aromatic rings. The molecular weight excluding hydrogens is 428 g/mol. The third-order valence-electron chi connectivity index (χ3n) is 7.09. The van der Waals surface area contributed by atoms with E-state index in [0.29, 0.717) is 38.2 Å². The second-order valence-corrected chi connectivity index (χ2v) is 9.21. The molecule has 0 radical (unpaired) electrons. The molecule has 0 aliphatic carbocycles. The number of amides is 3. The molecule has 2 aliphatic heterocycles. The molecule has 180 valence electrons. The van der Waals surface area contributed by atoms with Crippen molar-refractivity contribution in [2.45, 2.75) is 44.6 Å². The number of para-hydroxylation sites is 1. The van der Waals surface area contributed by atoms with Crippen molar-refractivity contribution in [2.75, 3.05) is 38.3 Å². The SMILES string of the molecule is CCCCc1ccc(C(=O)N2CCC3(CC2)C(=O)N(CC(=O)NC)CN3c2ccccc2)cc1. The molecule has 0 saturated carbocycles. The van der Waals surface area contributed by atoms with Crippen LogP contribution < -0.4 is 10.2 Å². The Balaban J connectivity index is 1.50. The highest BCUT2D eigenvalue weighted by atomic mass is 16.2. The summed E-state index contributed by atoms with van der Waals surface area (Å²) in [5, 5.41) is 2.61. The van der Waals surface area contributed by atoms with Gasteiger partial charge in [0.15, 0.2) is 0 Å². The van der Waals surface area contributed by atoms with Crippen molar-refractivity contribution in [1.29, 1.82) is 0 Å². The van der Waals surface area contributed by atoms with Crippen LogP contribution in [0.25, 0.3) is 0 Å². The summed E-state index contributed by atoms with van der Waals surface area (Å²) in [6.45, 7) is 3.57. The first kappa shape index (κ1) is 23.8. The van der Waals surface area contributed by atoms with Crippen LogP contribution in [0.2, 0.25) is 0 Å². The molecule has 2 saturated heterocycles. The summed E-state index contributed by atoms with van der Waals surface area (Å²) in [6.07, 6.45) is 4.39. The average Bonchev–Trinajstić information content (AvgIpc) is 3.14. The van der Waals surface area contributed by atoms with Gasteiger partial charge < -0.3 is 20.0 Å².